The van der Waals surface area contributed by atoms with Gasteiger partial charge in [0.2, 0.25) is 0 Å². The molecule has 1 aromatic rings. The second kappa shape index (κ2) is 4.28. The number of hydrogen-bond donors (Lipinski definition) is 1. The maximum Gasteiger partial charge on any atom is 0.303 e. The van der Waals surface area contributed by atoms with E-state index in [1.807, 2.05) is 7.05 Å². The van der Waals surface area contributed by atoms with Crippen LogP contribution in [0.1, 0.15) is 23.9 Å². The van der Waals surface area contributed by atoms with Crippen LogP contribution in [0.15, 0.2) is 12.5 Å². The van der Waals surface area contributed by atoms with E-state index in [2.05, 4.69) is 4.98 Å². The molecule has 0 saturated carbocycles. The molecule has 72 valence electrons. The van der Waals surface area contributed by atoms with E-state index in [9.17, 15) is 4.79 Å². The number of carboxylic acid groups (broad SMARTS) is 1. The predicted octanol–water partition coefficient (Wildman–Crippen LogP) is 1.56. The van der Waals surface area contributed by atoms with Gasteiger partial charge in [0.15, 0.2) is 0 Å². The highest BCUT2D eigenvalue weighted by Crippen LogP contribution is 2.24. The minimum atomic E-state index is -0.826. The van der Waals surface area contributed by atoms with E-state index in [0.29, 0.717) is 6.42 Å². The fourth-order valence-corrected chi connectivity index (χ4v) is 1.39. The first-order valence-corrected chi connectivity index (χ1v) is 4.37. The molecule has 1 atom stereocenters. The maximum absolute atomic E-state index is 10.3. The Morgan fingerprint density at radius 2 is 2.54 bits per heavy atom. The topological polar surface area (TPSA) is 55.1 Å². The van der Waals surface area contributed by atoms with Gasteiger partial charge in [-0.2, -0.15) is 0 Å². The van der Waals surface area contributed by atoms with Crippen LogP contribution in [0.2, 0.25) is 0 Å². The second-order valence-electron chi connectivity index (χ2n) is 2.83. The number of aliphatic carboxylic acids is 1. The Morgan fingerprint density at radius 3 is 3.00 bits per heavy atom. The molecule has 13 heavy (non-hydrogen) atoms. The lowest BCUT2D eigenvalue weighted by molar-refractivity contribution is -0.137. The molecule has 1 N–H and O–H groups in total. The van der Waals surface area contributed by atoms with Gasteiger partial charge in [-0.25, -0.2) is 4.98 Å². The summed E-state index contributed by atoms with van der Waals surface area (Å²) in [6.45, 7) is 0. The van der Waals surface area contributed by atoms with Crippen molar-refractivity contribution in [1.82, 2.24) is 9.55 Å². The van der Waals surface area contributed by atoms with Crippen LogP contribution in [-0.2, 0) is 11.8 Å². The molecule has 0 spiro atoms. The monoisotopic (exact) mass is 202 g/mol. The van der Waals surface area contributed by atoms with E-state index in [4.69, 9.17) is 16.7 Å². The van der Waals surface area contributed by atoms with Crippen molar-refractivity contribution in [2.45, 2.75) is 18.2 Å². The van der Waals surface area contributed by atoms with Gasteiger partial charge in [-0.3, -0.25) is 4.79 Å². The van der Waals surface area contributed by atoms with Crippen LogP contribution in [0.5, 0.6) is 0 Å². The molecule has 1 heterocycles. The van der Waals surface area contributed by atoms with E-state index < -0.39 is 5.97 Å². The van der Waals surface area contributed by atoms with E-state index in [1.54, 1.807) is 17.1 Å². The first-order chi connectivity index (χ1) is 6.11. The van der Waals surface area contributed by atoms with Crippen molar-refractivity contribution in [3.8, 4) is 0 Å². The average Bonchev–Trinajstić information content (AvgIpc) is 2.47. The number of alkyl halides is 1. The van der Waals surface area contributed by atoms with Crippen molar-refractivity contribution >= 4 is 17.6 Å². The van der Waals surface area contributed by atoms with Gasteiger partial charge in [-0.15, -0.1) is 11.6 Å². The summed E-state index contributed by atoms with van der Waals surface area (Å²) in [4.78, 5) is 14.2. The Hall–Kier alpha value is -1.03. The lowest BCUT2D eigenvalue weighted by Gasteiger charge is -2.07. The van der Waals surface area contributed by atoms with Crippen LogP contribution in [0.25, 0.3) is 0 Å². The van der Waals surface area contributed by atoms with Crippen LogP contribution in [0, 0.1) is 0 Å². The number of carboxylic acids is 1. The number of imidazole rings is 1. The highest BCUT2D eigenvalue weighted by molar-refractivity contribution is 6.20. The number of halogens is 1. The molecular formula is C8H11ClN2O2. The standard InChI is InChI=1S/C8H11ClN2O2/c1-11-5-10-4-7(11)6(9)2-3-8(12)13/h4-6H,2-3H2,1H3,(H,12,13). The average molecular weight is 203 g/mol. The molecule has 0 saturated heterocycles. The van der Waals surface area contributed by atoms with Crippen molar-refractivity contribution in [3.05, 3.63) is 18.2 Å². The molecule has 0 aromatic carbocycles. The lowest BCUT2D eigenvalue weighted by Crippen LogP contribution is -2.02. The molecule has 4 nitrogen and oxygen atoms in total. The van der Waals surface area contributed by atoms with Crippen molar-refractivity contribution in [2.24, 2.45) is 7.05 Å². The highest BCUT2D eigenvalue weighted by atomic mass is 35.5. The molecular weight excluding hydrogens is 192 g/mol. The Bertz CT molecular complexity index is 298. The summed E-state index contributed by atoms with van der Waals surface area (Å²) in [5.41, 5.74) is 0.850. The minimum Gasteiger partial charge on any atom is -0.481 e. The molecule has 0 bridgehead atoms. The summed E-state index contributed by atoms with van der Waals surface area (Å²) in [5, 5.41) is 8.17. The van der Waals surface area contributed by atoms with Gasteiger partial charge in [0.1, 0.15) is 0 Å². The van der Waals surface area contributed by atoms with Crippen molar-refractivity contribution in [1.29, 1.82) is 0 Å². The van der Waals surface area contributed by atoms with Gasteiger partial charge in [0, 0.05) is 19.7 Å². The Kier molecular flexibility index (Phi) is 3.31. The van der Waals surface area contributed by atoms with Gasteiger partial charge < -0.3 is 9.67 Å². The fourth-order valence-electron chi connectivity index (χ4n) is 1.07. The highest BCUT2D eigenvalue weighted by Gasteiger charge is 2.12. The number of carbonyl (C=O) groups is 1. The largest absolute Gasteiger partial charge is 0.481 e. The zero-order chi connectivity index (χ0) is 9.84. The van der Waals surface area contributed by atoms with E-state index >= 15 is 0 Å². The summed E-state index contributed by atoms with van der Waals surface area (Å²) in [7, 11) is 1.83. The Labute approximate surface area is 81.2 Å². The molecule has 1 aromatic heterocycles. The van der Waals surface area contributed by atoms with Crippen molar-refractivity contribution < 1.29 is 9.90 Å². The molecule has 0 amide bonds. The smallest absolute Gasteiger partial charge is 0.303 e. The third-order valence-electron chi connectivity index (χ3n) is 1.79. The van der Waals surface area contributed by atoms with Crippen LogP contribution < -0.4 is 0 Å². The van der Waals surface area contributed by atoms with Gasteiger partial charge in [-0.1, -0.05) is 0 Å². The second-order valence-corrected chi connectivity index (χ2v) is 3.36. The van der Waals surface area contributed by atoms with Gasteiger partial charge in [0.05, 0.1) is 17.4 Å². The third-order valence-corrected chi connectivity index (χ3v) is 2.23. The van der Waals surface area contributed by atoms with E-state index in [1.165, 1.54) is 0 Å². The first-order valence-electron chi connectivity index (χ1n) is 3.93. The summed E-state index contributed by atoms with van der Waals surface area (Å²) in [5.74, 6) is -0.826. The summed E-state index contributed by atoms with van der Waals surface area (Å²) >= 11 is 5.97. The summed E-state index contributed by atoms with van der Waals surface area (Å²) in [6, 6.07) is 0. The molecule has 1 rings (SSSR count). The van der Waals surface area contributed by atoms with Crippen LogP contribution >= 0.6 is 11.6 Å². The Morgan fingerprint density at radius 1 is 1.85 bits per heavy atom. The fraction of sp³-hybridized carbons (Fsp3) is 0.500. The molecule has 0 fully saturated rings. The lowest BCUT2D eigenvalue weighted by atomic mass is 10.2. The number of aromatic nitrogens is 2. The summed E-state index contributed by atoms with van der Waals surface area (Å²) in [6.07, 6.45) is 3.81. The minimum absolute atomic E-state index is 0.0827. The van der Waals surface area contributed by atoms with Crippen molar-refractivity contribution in [2.75, 3.05) is 0 Å². The normalized spacial score (nSPS) is 12.8. The molecule has 5 heteroatoms. The maximum atomic E-state index is 10.3. The number of aryl methyl sites for hydroxylation is 1. The third kappa shape index (κ3) is 2.73. The van der Waals surface area contributed by atoms with E-state index in [-0.39, 0.29) is 11.8 Å². The van der Waals surface area contributed by atoms with Crippen LogP contribution in [-0.4, -0.2) is 20.6 Å². The zero-order valence-electron chi connectivity index (χ0n) is 7.27. The van der Waals surface area contributed by atoms with Gasteiger partial charge in [0.25, 0.3) is 0 Å². The molecule has 0 radical (unpaired) electrons. The molecule has 0 aliphatic heterocycles. The quantitative estimate of drug-likeness (QED) is 0.754. The van der Waals surface area contributed by atoms with E-state index in [0.717, 1.165) is 5.69 Å². The number of rotatable bonds is 4. The number of hydrogen-bond acceptors (Lipinski definition) is 2. The van der Waals surface area contributed by atoms with Crippen molar-refractivity contribution in [3.63, 3.8) is 0 Å². The summed E-state index contributed by atoms with van der Waals surface area (Å²) < 4.78 is 1.79. The SMILES string of the molecule is Cn1cncc1C(Cl)CCC(=O)O. The van der Waals surface area contributed by atoms with Crippen LogP contribution in [0.3, 0.4) is 0 Å². The first kappa shape index (κ1) is 10.1. The van der Waals surface area contributed by atoms with Gasteiger partial charge in [-0.05, 0) is 6.42 Å². The number of nitrogens with zero attached hydrogens (tertiary/aromatic N) is 2. The zero-order valence-corrected chi connectivity index (χ0v) is 8.03. The Balaban J connectivity index is 2.53. The van der Waals surface area contributed by atoms with Gasteiger partial charge >= 0.3 is 5.97 Å². The van der Waals surface area contributed by atoms with Crippen LogP contribution in [0.4, 0.5) is 0 Å². The molecule has 0 aliphatic carbocycles. The predicted molar refractivity (Wildman–Crippen MR) is 48.7 cm³/mol. The molecule has 1 unspecified atom stereocenters. The molecule has 0 aliphatic rings.